The maximum absolute atomic E-state index is 7.11. The predicted octanol–water partition coefficient (Wildman–Crippen LogP) is 16.6. The van der Waals surface area contributed by atoms with Crippen LogP contribution >= 0.6 is 0 Å². The van der Waals surface area contributed by atoms with Crippen molar-refractivity contribution in [3.63, 3.8) is 0 Å². The zero-order valence-corrected chi connectivity index (χ0v) is 40.7. The summed E-state index contributed by atoms with van der Waals surface area (Å²) in [4.78, 5) is 4.99. The lowest BCUT2D eigenvalue weighted by molar-refractivity contribution is 0.415. The first-order valence-electron chi connectivity index (χ1n) is 23.3. The van der Waals surface area contributed by atoms with Crippen molar-refractivity contribution in [3.05, 3.63) is 150 Å². The molecule has 5 aromatic carbocycles. The number of benzene rings is 5. The van der Waals surface area contributed by atoms with E-state index in [9.17, 15) is 0 Å². The minimum atomic E-state index is -0.114. The molecule has 2 aliphatic heterocycles. The maximum atomic E-state index is 7.11. The Kier molecular flexibility index (Phi) is 9.66. The van der Waals surface area contributed by atoms with Crippen molar-refractivity contribution in [2.45, 2.75) is 144 Å². The Bertz CT molecular complexity index is 2940. The van der Waals surface area contributed by atoms with E-state index >= 15 is 0 Å². The van der Waals surface area contributed by atoms with E-state index in [1.165, 1.54) is 61.3 Å². The van der Waals surface area contributed by atoms with E-state index < -0.39 is 0 Å². The van der Waals surface area contributed by atoms with Gasteiger partial charge in [0.05, 0.1) is 11.0 Å². The van der Waals surface area contributed by atoms with Crippen molar-refractivity contribution in [2.75, 3.05) is 0 Å². The average Bonchev–Trinajstić information content (AvgIpc) is 3.73. The highest BCUT2D eigenvalue weighted by Gasteiger charge is 2.78. The van der Waals surface area contributed by atoms with Crippen LogP contribution in [0, 0.1) is 6.67 Å². The van der Waals surface area contributed by atoms with Crippen LogP contribution in [-0.2, 0) is 27.1 Å². The van der Waals surface area contributed by atoms with Gasteiger partial charge in [0.25, 0.3) is 0 Å². The summed E-state index contributed by atoms with van der Waals surface area (Å²) in [5.41, 5.74) is 14.0. The second-order valence-corrected chi connectivity index (χ2v) is 23.0. The fourth-order valence-corrected chi connectivity index (χ4v) is 9.91. The Balaban J connectivity index is 1.21. The molecule has 0 bridgehead atoms. The third-order valence-electron chi connectivity index (χ3n) is 14.7. The van der Waals surface area contributed by atoms with Crippen LogP contribution in [0.4, 0.5) is 22.7 Å². The molecule has 1 fully saturated rings. The van der Waals surface area contributed by atoms with E-state index in [0.29, 0.717) is 9.18 Å². The van der Waals surface area contributed by atoms with Crippen LogP contribution in [0.1, 0.15) is 145 Å². The van der Waals surface area contributed by atoms with E-state index in [1.807, 2.05) is 6.20 Å². The Morgan fingerprint density at radius 2 is 1.11 bits per heavy atom. The number of hydrogen-bond donors (Lipinski definition) is 0. The summed E-state index contributed by atoms with van der Waals surface area (Å²) in [5, 5.41) is 2.41. The topological polar surface area (TPSA) is 27.1 Å². The van der Waals surface area contributed by atoms with Gasteiger partial charge < -0.3 is 4.74 Å². The molecule has 2 aliphatic rings. The highest BCUT2D eigenvalue weighted by molar-refractivity contribution is 6.10. The van der Waals surface area contributed by atoms with E-state index in [2.05, 4.69) is 224 Å². The number of rotatable bonds is 8. The summed E-state index contributed by atoms with van der Waals surface area (Å²) < 4.78 is 10.7. The molecule has 4 heterocycles. The molecule has 0 N–H and O–H groups in total. The highest BCUT2D eigenvalue weighted by Crippen LogP contribution is 2.76. The van der Waals surface area contributed by atoms with Gasteiger partial charge in [0, 0.05) is 59.4 Å². The molecular formula is C58H69N4O+. The number of fused-ring (bicyclic) bond motifs is 7. The van der Waals surface area contributed by atoms with E-state index in [0.717, 1.165) is 41.2 Å². The van der Waals surface area contributed by atoms with Gasteiger partial charge in [-0.05, 0) is 110 Å². The standard InChI is InChI=1S/C58H69N4O/c1-16-58(15,17-2)41-19-18-20-43(29-41)61-37-62(61,51-26-22-39(33-52(51)61)55(6,7)8)44-30-42(57(12,13)14)31-46(35-44)63-45-23-24-47-48-32-38(54(3,4)5)21-25-49(48)60(50(47)36-45)53-34-40(27-28-59-53)56(9,10)11/h18-37H,16-17H2,1-15H3/q+1/t61-,62?/m0/s1. The number of quaternary nitrogens is 2. The van der Waals surface area contributed by atoms with Crippen molar-refractivity contribution in [3.8, 4) is 17.3 Å². The Morgan fingerprint density at radius 3 is 1.78 bits per heavy atom. The van der Waals surface area contributed by atoms with Gasteiger partial charge in [0.2, 0.25) is 11.4 Å². The van der Waals surface area contributed by atoms with E-state index in [1.54, 1.807) is 0 Å². The molecule has 1 saturated heterocycles. The summed E-state index contributed by atoms with van der Waals surface area (Å²) >= 11 is 0. The van der Waals surface area contributed by atoms with Gasteiger partial charge in [-0.1, -0.05) is 128 Å². The van der Waals surface area contributed by atoms with Gasteiger partial charge in [-0.25, -0.2) is 4.98 Å². The summed E-state index contributed by atoms with van der Waals surface area (Å²) in [5.74, 6) is 2.55. The van der Waals surface area contributed by atoms with Crippen LogP contribution in [0.5, 0.6) is 11.5 Å². The number of hydrogen-bond acceptors (Lipinski definition) is 2. The third kappa shape index (κ3) is 6.76. The molecule has 0 spiro atoms. The second-order valence-electron chi connectivity index (χ2n) is 23.0. The van der Waals surface area contributed by atoms with Crippen LogP contribution in [-0.4, -0.2) is 9.55 Å². The minimum Gasteiger partial charge on any atom is -0.457 e. The molecule has 63 heavy (non-hydrogen) atoms. The van der Waals surface area contributed by atoms with Crippen molar-refractivity contribution < 1.29 is 4.74 Å². The molecule has 0 saturated carbocycles. The summed E-state index contributed by atoms with van der Waals surface area (Å²) in [6.45, 7) is 37.1. The van der Waals surface area contributed by atoms with Crippen LogP contribution in [0.15, 0.2) is 115 Å². The molecule has 2 aromatic heterocycles. The molecule has 7 aromatic rings. The van der Waals surface area contributed by atoms with E-state index in [-0.39, 0.29) is 27.1 Å². The van der Waals surface area contributed by atoms with Crippen molar-refractivity contribution in [2.24, 2.45) is 0 Å². The first-order valence-corrected chi connectivity index (χ1v) is 23.3. The van der Waals surface area contributed by atoms with Gasteiger partial charge in [-0.3, -0.25) is 4.57 Å². The number of ether oxygens (including phenoxy) is 1. The average molecular weight is 838 g/mol. The third-order valence-corrected chi connectivity index (χ3v) is 14.7. The molecule has 9 rings (SSSR count). The lowest BCUT2D eigenvalue weighted by Crippen LogP contribution is -2.47. The smallest absolute Gasteiger partial charge is 0.225 e. The Morgan fingerprint density at radius 1 is 0.492 bits per heavy atom. The first-order chi connectivity index (χ1) is 29.4. The SMILES string of the molecule is CCC(C)(CC)c1cccc([N@+]23[CH-][N+]2(c2cc(Oc4ccc5c6cc(C(C)(C)C)ccc6n(-c6cc(C(C)(C)C)ccn6)c5c4)cc(C(C)(C)C)c2)c2ccc(C(C)(C)C)cc23)c1. The number of nitrogens with zero attached hydrogens (tertiary/aromatic N) is 4. The predicted molar refractivity (Wildman–Crippen MR) is 268 cm³/mol. The monoisotopic (exact) mass is 838 g/mol. The van der Waals surface area contributed by atoms with Crippen molar-refractivity contribution in [1.82, 2.24) is 18.7 Å². The zero-order valence-electron chi connectivity index (χ0n) is 40.7. The molecule has 2 atom stereocenters. The summed E-state index contributed by atoms with van der Waals surface area (Å²) in [7, 11) is 0. The van der Waals surface area contributed by atoms with Crippen LogP contribution in [0.2, 0.25) is 0 Å². The summed E-state index contributed by atoms with van der Waals surface area (Å²) in [6.07, 6.45) is 4.15. The van der Waals surface area contributed by atoms with Crippen molar-refractivity contribution >= 4 is 44.6 Å². The minimum absolute atomic E-state index is 0.0164. The molecular weight excluding hydrogens is 769 g/mol. The lowest BCUT2D eigenvalue weighted by Gasteiger charge is -2.41. The van der Waals surface area contributed by atoms with Gasteiger partial charge in [-0.2, -0.15) is 9.18 Å². The zero-order chi connectivity index (χ0) is 45.3. The molecule has 1 unspecified atom stereocenters. The number of pyridine rings is 1. The lowest BCUT2D eigenvalue weighted by atomic mass is 9.77. The van der Waals surface area contributed by atoms with Crippen LogP contribution < -0.4 is 13.9 Å². The molecule has 326 valence electrons. The highest BCUT2D eigenvalue weighted by atomic mass is 16.5. The fourth-order valence-electron chi connectivity index (χ4n) is 9.91. The molecule has 5 nitrogen and oxygen atoms in total. The quantitative estimate of drug-likeness (QED) is 0.0866. The maximum Gasteiger partial charge on any atom is 0.225 e. The first kappa shape index (κ1) is 43.0. The van der Waals surface area contributed by atoms with Crippen LogP contribution in [0.3, 0.4) is 0 Å². The second kappa shape index (κ2) is 14.1. The molecule has 0 aliphatic carbocycles. The summed E-state index contributed by atoms with van der Waals surface area (Å²) in [6, 6.07) is 41.5. The normalized spacial score (nSPS) is 18.9. The Hall–Kier alpha value is -5.23. The van der Waals surface area contributed by atoms with Gasteiger partial charge >= 0.3 is 0 Å². The van der Waals surface area contributed by atoms with Gasteiger partial charge in [0.1, 0.15) is 17.3 Å². The van der Waals surface area contributed by atoms with Gasteiger partial charge in [-0.15, -0.1) is 0 Å². The van der Waals surface area contributed by atoms with Gasteiger partial charge in [0.15, 0.2) is 18.0 Å². The Labute approximate surface area is 377 Å². The largest absolute Gasteiger partial charge is 0.457 e. The molecule has 0 amide bonds. The molecule has 0 radical (unpaired) electrons. The molecule has 5 heteroatoms. The van der Waals surface area contributed by atoms with E-state index in [4.69, 9.17) is 9.72 Å². The van der Waals surface area contributed by atoms with Crippen molar-refractivity contribution in [1.29, 1.82) is 0 Å². The fraction of sp³-hybridized carbons (Fsp3) is 0.379. The number of aromatic nitrogens is 2. The van der Waals surface area contributed by atoms with Crippen LogP contribution in [0.25, 0.3) is 27.6 Å².